The van der Waals surface area contributed by atoms with E-state index < -0.39 is 17.6 Å². The molecule has 2 rings (SSSR count). The molecule has 1 aromatic carbocycles. The van der Waals surface area contributed by atoms with Crippen LogP contribution in [0.1, 0.15) is 30.9 Å². The monoisotopic (exact) mass is 323 g/mol. The van der Waals surface area contributed by atoms with Gasteiger partial charge < -0.3 is 0 Å². The average Bonchev–Trinajstić information content (AvgIpc) is 3.01. The topological polar surface area (TPSA) is 12.4 Å². The summed E-state index contributed by atoms with van der Waals surface area (Å²) >= 11 is 0. The SMILES string of the molecule is C=C/C(F)=C\C=C(/C)C1CCC(c2ccc(C(F)(F)F)cc2)=N1. The van der Waals surface area contributed by atoms with Gasteiger partial charge in [0.25, 0.3) is 0 Å². The number of hydrogen-bond acceptors (Lipinski definition) is 1. The van der Waals surface area contributed by atoms with E-state index in [1.54, 1.807) is 6.08 Å². The first kappa shape index (κ1) is 17.2. The summed E-state index contributed by atoms with van der Waals surface area (Å²) in [6.45, 7) is 5.19. The van der Waals surface area contributed by atoms with Crippen molar-refractivity contribution >= 4 is 5.71 Å². The molecule has 1 nitrogen and oxygen atoms in total. The fraction of sp³-hybridized carbons (Fsp3) is 0.278. The highest BCUT2D eigenvalue weighted by atomic mass is 19.4. The van der Waals surface area contributed by atoms with Crippen molar-refractivity contribution in [1.82, 2.24) is 0 Å². The molecule has 0 amide bonds. The lowest BCUT2D eigenvalue weighted by molar-refractivity contribution is -0.137. The lowest BCUT2D eigenvalue weighted by atomic mass is 10.0. The number of alkyl halides is 3. The third-order valence-electron chi connectivity index (χ3n) is 3.74. The summed E-state index contributed by atoms with van der Waals surface area (Å²) in [7, 11) is 0. The Kier molecular flexibility index (Phi) is 5.19. The zero-order valence-electron chi connectivity index (χ0n) is 12.7. The van der Waals surface area contributed by atoms with Gasteiger partial charge in [-0.25, -0.2) is 4.39 Å². The third-order valence-corrected chi connectivity index (χ3v) is 3.74. The quantitative estimate of drug-likeness (QED) is 0.502. The highest BCUT2D eigenvalue weighted by molar-refractivity contribution is 6.02. The van der Waals surface area contributed by atoms with Crippen molar-refractivity contribution < 1.29 is 17.6 Å². The molecule has 1 aromatic rings. The predicted molar refractivity (Wildman–Crippen MR) is 84.1 cm³/mol. The molecule has 0 spiro atoms. The van der Waals surface area contributed by atoms with Crippen molar-refractivity contribution in [3.63, 3.8) is 0 Å². The Hall–Kier alpha value is -2.17. The van der Waals surface area contributed by atoms with E-state index in [1.807, 2.05) is 6.92 Å². The normalized spacial score (nSPS) is 19.7. The standard InChI is InChI=1S/C18H17F4N/c1-3-15(19)9-4-12(2)16-10-11-17(23-16)13-5-7-14(8-6-13)18(20,21)22/h3-9,16H,1,10-11H2,2H3/b12-4+,15-9+. The van der Waals surface area contributed by atoms with Gasteiger partial charge >= 0.3 is 6.18 Å². The number of aliphatic imine (C=N–C) groups is 1. The van der Waals surface area contributed by atoms with Gasteiger partial charge in [0.2, 0.25) is 0 Å². The molecular formula is C18H17F4N. The second kappa shape index (κ2) is 6.94. The van der Waals surface area contributed by atoms with Crippen LogP contribution in [0, 0.1) is 0 Å². The zero-order valence-corrected chi connectivity index (χ0v) is 12.7. The molecule has 5 heteroatoms. The smallest absolute Gasteiger partial charge is 0.281 e. The summed E-state index contributed by atoms with van der Waals surface area (Å²) < 4.78 is 50.7. The van der Waals surface area contributed by atoms with E-state index in [0.717, 1.165) is 35.9 Å². The van der Waals surface area contributed by atoms with Crippen LogP contribution in [0.2, 0.25) is 0 Å². The lowest BCUT2D eigenvalue weighted by Gasteiger charge is -2.07. The summed E-state index contributed by atoms with van der Waals surface area (Å²) in [4.78, 5) is 4.54. The van der Waals surface area contributed by atoms with Crippen LogP contribution in [-0.4, -0.2) is 11.8 Å². The Morgan fingerprint density at radius 3 is 2.43 bits per heavy atom. The van der Waals surface area contributed by atoms with Crippen LogP contribution in [0.25, 0.3) is 0 Å². The van der Waals surface area contributed by atoms with Crippen LogP contribution in [-0.2, 0) is 6.18 Å². The van der Waals surface area contributed by atoms with E-state index in [0.29, 0.717) is 12.0 Å². The molecule has 1 unspecified atom stereocenters. The van der Waals surface area contributed by atoms with Crippen LogP contribution >= 0.6 is 0 Å². The molecule has 1 heterocycles. The molecule has 23 heavy (non-hydrogen) atoms. The van der Waals surface area contributed by atoms with E-state index in [4.69, 9.17) is 0 Å². The molecule has 122 valence electrons. The molecule has 0 aromatic heterocycles. The number of halogens is 4. The molecule has 0 radical (unpaired) electrons. The summed E-state index contributed by atoms with van der Waals surface area (Å²) in [5, 5.41) is 0. The van der Waals surface area contributed by atoms with Gasteiger partial charge in [0, 0.05) is 5.71 Å². The highest BCUT2D eigenvalue weighted by Crippen LogP contribution is 2.30. The summed E-state index contributed by atoms with van der Waals surface area (Å²) in [5.74, 6) is -0.422. The molecule has 1 aliphatic heterocycles. The fourth-order valence-electron chi connectivity index (χ4n) is 2.38. The van der Waals surface area contributed by atoms with Gasteiger partial charge in [-0.1, -0.05) is 24.8 Å². The van der Waals surface area contributed by atoms with E-state index >= 15 is 0 Å². The minimum absolute atomic E-state index is 0.0684. The number of rotatable bonds is 4. The second-order valence-electron chi connectivity index (χ2n) is 5.37. The van der Waals surface area contributed by atoms with Gasteiger partial charge in [0.15, 0.2) is 0 Å². The second-order valence-corrected chi connectivity index (χ2v) is 5.37. The Balaban J connectivity index is 2.15. The lowest BCUT2D eigenvalue weighted by Crippen LogP contribution is -2.05. The molecule has 0 aliphatic carbocycles. The first-order valence-corrected chi connectivity index (χ1v) is 7.22. The molecular weight excluding hydrogens is 306 g/mol. The minimum Gasteiger partial charge on any atom is -0.281 e. The van der Waals surface area contributed by atoms with Crippen molar-refractivity contribution in [3.8, 4) is 0 Å². The summed E-state index contributed by atoms with van der Waals surface area (Å²) in [5.41, 5.74) is 1.71. The number of benzene rings is 1. The number of nitrogens with zero attached hydrogens (tertiary/aromatic N) is 1. The fourth-order valence-corrected chi connectivity index (χ4v) is 2.38. The first-order valence-electron chi connectivity index (χ1n) is 7.22. The van der Waals surface area contributed by atoms with E-state index in [1.165, 1.54) is 18.2 Å². The van der Waals surface area contributed by atoms with Gasteiger partial charge in [-0.2, -0.15) is 13.2 Å². The third kappa shape index (κ3) is 4.41. The molecule has 0 bridgehead atoms. The Morgan fingerprint density at radius 2 is 1.87 bits per heavy atom. The van der Waals surface area contributed by atoms with Crippen molar-refractivity contribution in [2.45, 2.75) is 32.0 Å². The van der Waals surface area contributed by atoms with Gasteiger partial charge in [0.05, 0.1) is 11.6 Å². The van der Waals surface area contributed by atoms with Crippen LogP contribution in [0.15, 0.2) is 65.5 Å². The van der Waals surface area contributed by atoms with Crippen molar-refractivity contribution in [2.24, 2.45) is 4.99 Å². The van der Waals surface area contributed by atoms with E-state index in [9.17, 15) is 17.6 Å². The van der Waals surface area contributed by atoms with E-state index in [2.05, 4.69) is 11.6 Å². The number of allylic oxidation sites excluding steroid dienone is 4. The predicted octanol–water partition coefficient (Wildman–Crippen LogP) is 5.64. The summed E-state index contributed by atoms with van der Waals surface area (Å²) in [6, 6.07) is 4.95. The molecule has 0 saturated carbocycles. The summed E-state index contributed by atoms with van der Waals surface area (Å²) in [6.07, 6.45) is 1.22. The van der Waals surface area contributed by atoms with Gasteiger partial charge in [-0.3, -0.25) is 4.99 Å². The van der Waals surface area contributed by atoms with E-state index in [-0.39, 0.29) is 6.04 Å². The van der Waals surface area contributed by atoms with Gasteiger partial charge in [-0.15, -0.1) is 0 Å². The molecule has 1 aliphatic rings. The molecule has 0 fully saturated rings. The highest BCUT2D eigenvalue weighted by Gasteiger charge is 2.30. The number of hydrogen-bond donors (Lipinski definition) is 0. The van der Waals surface area contributed by atoms with Crippen LogP contribution < -0.4 is 0 Å². The van der Waals surface area contributed by atoms with Crippen molar-refractivity contribution in [3.05, 3.63) is 71.6 Å². The van der Waals surface area contributed by atoms with Gasteiger partial charge in [0.1, 0.15) is 5.83 Å². The maximum atomic E-state index is 13.0. The van der Waals surface area contributed by atoms with Crippen molar-refractivity contribution in [1.29, 1.82) is 0 Å². The first-order chi connectivity index (χ1) is 10.8. The molecule has 0 saturated heterocycles. The van der Waals surface area contributed by atoms with Crippen LogP contribution in [0.5, 0.6) is 0 Å². The largest absolute Gasteiger partial charge is 0.416 e. The molecule has 0 N–H and O–H groups in total. The minimum atomic E-state index is -4.33. The average molecular weight is 323 g/mol. The van der Waals surface area contributed by atoms with Gasteiger partial charge in [-0.05, 0) is 55.2 Å². The maximum absolute atomic E-state index is 13.0. The Bertz CT molecular complexity index is 663. The van der Waals surface area contributed by atoms with Crippen molar-refractivity contribution in [2.75, 3.05) is 0 Å². The Morgan fingerprint density at radius 1 is 1.22 bits per heavy atom. The maximum Gasteiger partial charge on any atom is 0.416 e. The Labute approximate surface area is 132 Å². The molecule has 1 atom stereocenters. The van der Waals surface area contributed by atoms with Crippen LogP contribution in [0.3, 0.4) is 0 Å². The van der Waals surface area contributed by atoms with Crippen LogP contribution in [0.4, 0.5) is 17.6 Å². The zero-order chi connectivity index (χ0) is 17.0.